The summed E-state index contributed by atoms with van der Waals surface area (Å²) in [5.41, 5.74) is 1.16. The Morgan fingerprint density at radius 1 is 1.23 bits per heavy atom. The normalized spacial score (nSPS) is 11.5. The van der Waals surface area contributed by atoms with Crippen LogP contribution >= 0.6 is 11.8 Å². The average molecular weight is 463 g/mol. The molecule has 0 aliphatic rings. The van der Waals surface area contributed by atoms with Crippen LogP contribution in [-0.2, 0) is 21.4 Å². The van der Waals surface area contributed by atoms with Gasteiger partial charge < -0.3 is 14.6 Å². The summed E-state index contributed by atoms with van der Waals surface area (Å²) in [6, 6.07) is 11.7. The number of nitrogens with one attached hydrogen (secondary N) is 1. The standard InChI is InChI=1S/C20H22N4O5S2/c1-13(25)21-17-11-16(9-10-18(17)30-4)31(26,27)24(2)12-19-22-20(23-29-19)14-5-7-15(28-3)8-6-14/h5-11H,12H2,1-4H3,(H,21,25). The summed E-state index contributed by atoms with van der Waals surface area (Å²) < 4.78 is 37.5. The van der Waals surface area contributed by atoms with Crippen molar-refractivity contribution in [2.75, 3.05) is 25.7 Å². The van der Waals surface area contributed by atoms with Crippen LogP contribution in [0.5, 0.6) is 5.75 Å². The molecule has 0 radical (unpaired) electrons. The van der Waals surface area contributed by atoms with Crippen molar-refractivity contribution < 1.29 is 22.5 Å². The van der Waals surface area contributed by atoms with Gasteiger partial charge in [0.2, 0.25) is 27.6 Å². The van der Waals surface area contributed by atoms with E-state index in [1.165, 1.54) is 37.9 Å². The van der Waals surface area contributed by atoms with Crippen LogP contribution < -0.4 is 10.1 Å². The Bertz CT molecular complexity index is 1180. The van der Waals surface area contributed by atoms with Gasteiger partial charge in [-0.15, -0.1) is 11.8 Å². The molecular weight excluding hydrogens is 440 g/mol. The monoisotopic (exact) mass is 462 g/mol. The lowest BCUT2D eigenvalue weighted by molar-refractivity contribution is -0.114. The molecule has 0 unspecified atom stereocenters. The first-order valence-electron chi connectivity index (χ1n) is 9.13. The highest BCUT2D eigenvalue weighted by Gasteiger charge is 2.24. The zero-order valence-corrected chi connectivity index (χ0v) is 19.1. The molecule has 1 heterocycles. The third kappa shape index (κ3) is 5.24. The Hall–Kier alpha value is -2.89. The van der Waals surface area contributed by atoms with E-state index in [-0.39, 0.29) is 23.2 Å². The summed E-state index contributed by atoms with van der Waals surface area (Å²) in [6.07, 6.45) is 1.84. The van der Waals surface area contributed by atoms with Gasteiger partial charge in [-0.1, -0.05) is 5.16 Å². The molecule has 0 atom stereocenters. The topological polar surface area (TPSA) is 115 Å². The number of anilines is 1. The first-order valence-corrected chi connectivity index (χ1v) is 11.8. The maximum absolute atomic E-state index is 13.0. The summed E-state index contributed by atoms with van der Waals surface area (Å²) >= 11 is 1.41. The third-order valence-electron chi connectivity index (χ3n) is 4.36. The van der Waals surface area contributed by atoms with E-state index in [0.29, 0.717) is 22.8 Å². The van der Waals surface area contributed by atoms with Crippen LogP contribution in [0.2, 0.25) is 0 Å². The summed E-state index contributed by atoms with van der Waals surface area (Å²) in [7, 11) is -0.858. The number of hydrogen-bond donors (Lipinski definition) is 1. The number of carbonyl (C=O) groups excluding carboxylic acids is 1. The number of hydrogen-bond acceptors (Lipinski definition) is 8. The van der Waals surface area contributed by atoms with Crippen LogP contribution in [0.3, 0.4) is 0 Å². The van der Waals surface area contributed by atoms with E-state index in [4.69, 9.17) is 9.26 Å². The molecule has 0 bridgehead atoms. The van der Waals surface area contributed by atoms with Crippen molar-refractivity contribution >= 4 is 33.4 Å². The molecule has 0 aliphatic heterocycles. The van der Waals surface area contributed by atoms with Gasteiger partial charge in [0.25, 0.3) is 0 Å². The molecule has 11 heteroatoms. The predicted molar refractivity (Wildman–Crippen MR) is 117 cm³/mol. The number of methoxy groups -OCH3 is 1. The molecule has 9 nitrogen and oxygen atoms in total. The van der Waals surface area contributed by atoms with Gasteiger partial charge in [0, 0.05) is 24.4 Å². The summed E-state index contributed by atoms with van der Waals surface area (Å²) in [6.45, 7) is 1.26. The van der Waals surface area contributed by atoms with Crippen molar-refractivity contribution in [3.63, 3.8) is 0 Å². The number of sulfonamides is 1. The van der Waals surface area contributed by atoms with Crippen LogP contribution in [0, 0.1) is 0 Å². The number of ether oxygens (including phenoxy) is 1. The van der Waals surface area contributed by atoms with Crippen LogP contribution in [0.1, 0.15) is 12.8 Å². The Labute approximate surface area is 184 Å². The summed E-state index contributed by atoms with van der Waals surface area (Å²) in [5, 5.41) is 6.58. The lowest BCUT2D eigenvalue weighted by Gasteiger charge is -2.17. The van der Waals surface area contributed by atoms with E-state index in [0.717, 1.165) is 9.20 Å². The molecule has 0 saturated heterocycles. The molecular formula is C20H22N4O5S2. The first-order chi connectivity index (χ1) is 14.7. The van der Waals surface area contributed by atoms with Gasteiger partial charge in [0.1, 0.15) is 5.75 Å². The molecule has 31 heavy (non-hydrogen) atoms. The zero-order chi connectivity index (χ0) is 22.6. The van der Waals surface area contributed by atoms with Gasteiger partial charge in [-0.2, -0.15) is 9.29 Å². The summed E-state index contributed by atoms with van der Waals surface area (Å²) in [5.74, 6) is 0.917. The fourth-order valence-corrected chi connectivity index (χ4v) is 4.45. The van der Waals surface area contributed by atoms with E-state index in [1.54, 1.807) is 37.4 Å². The zero-order valence-electron chi connectivity index (χ0n) is 17.4. The van der Waals surface area contributed by atoms with Gasteiger partial charge >= 0.3 is 0 Å². The Morgan fingerprint density at radius 2 is 1.94 bits per heavy atom. The number of nitrogens with zero attached hydrogens (tertiary/aromatic N) is 3. The quantitative estimate of drug-likeness (QED) is 0.508. The first kappa shape index (κ1) is 22.8. The minimum atomic E-state index is -3.86. The largest absolute Gasteiger partial charge is 0.497 e. The number of carbonyl (C=O) groups is 1. The van der Waals surface area contributed by atoms with E-state index in [2.05, 4.69) is 15.5 Å². The van der Waals surface area contributed by atoms with Gasteiger partial charge in [-0.3, -0.25) is 4.79 Å². The SMILES string of the molecule is COc1ccc(-c2noc(CN(C)S(=O)(=O)c3ccc(SC)c(NC(C)=O)c3)n2)cc1. The van der Waals surface area contributed by atoms with Crippen molar-refractivity contribution in [3.8, 4) is 17.1 Å². The van der Waals surface area contributed by atoms with Gasteiger partial charge in [-0.25, -0.2) is 8.42 Å². The molecule has 1 aromatic heterocycles. The molecule has 3 rings (SSSR count). The number of aromatic nitrogens is 2. The third-order valence-corrected chi connectivity index (χ3v) is 6.96. The van der Waals surface area contributed by atoms with Crippen molar-refractivity contribution in [2.45, 2.75) is 23.3 Å². The van der Waals surface area contributed by atoms with E-state index < -0.39 is 10.0 Å². The fourth-order valence-electron chi connectivity index (χ4n) is 2.77. The molecule has 1 amide bonds. The Kier molecular flexibility index (Phi) is 6.98. The highest BCUT2D eigenvalue weighted by atomic mass is 32.2. The second kappa shape index (κ2) is 9.50. The van der Waals surface area contributed by atoms with Crippen molar-refractivity contribution in [1.29, 1.82) is 0 Å². The van der Waals surface area contributed by atoms with Crippen molar-refractivity contribution in [2.24, 2.45) is 0 Å². The molecule has 0 aliphatic carbocycles. The molecule has 164 valence electrons. The van der Waals surface area contributed by atoms with Crippen LogP contribution in [0.15, 0.2) is 56.8 Å². The number of rotatable bonds is 8. The van der Waals surface area contributed by atoms with E-state index in [9.17, 15) is 13.2 Å². The number of amides is 1. The maximum atomic E-state index is 13.0. The van der Waals surface area contributed by atoms with Crippen LogP contribution in [-0.4, -0.2) is 49.2 Å². The molecule has 0 saturated carbocycles. The summed E-state index contributed by atoms with van der Waals surface area (Å²) in [4.78, 5) is 16.5. The average Bonchev–Trinajstić information content (AvgIpc) is 3.21. The second-order valence-corrected chi connectivity index (χ2v) is 9.44. The fraction of sp³-hybridized carbons (Fsp3) is 0.250. The molecule has 3 aromatic rings. The smallest absolute Gasteiger partial charge is 0.243 e. The molecule has 2 aromatic carbocycles. The maximum Gasteiger partial charge on any atom is 0.243 e. The van der Waals surface area contributed by atoms with E-state index in [1.807, 2.05) is 6.26 Å². The molecule has 0 spiro atoms. The lowest BCUT2D eigenvalue weighted by atomic mass is 10.2. The Morgan fingerprint density at radius 3 is 2.55 bits per heavy atom. The van der Waals surface area contributed by atoms with Gasteiger partial charge in [-0.05, 0) is 48.7 Å². The minimum absolute atomic E-state index is 0.0476. The van der Waals surface area contributed by atoms with Gasteiger partial charge in [0.05, 0.1) is 24.2 Å². The van der Waals surface area contributed by atoms with Crippen molar-refractivity contribution in [3.05, 3.63) is 48.4 Å². The lowest BCUT2D eigenvalue weighted by Crippen LogP contribution is -2.26. The van der Waals surface area contributed by atoms with Crippen molar-refractivity contribution in [1.82, 2.24) is 14.4 Å². The van der Waals surface area contributed by atoms with Crippen LogP contribution in [0.25, 0.3) is 11.4 Å². The number of thioether (sulfide) groups is 1. The molecule has 1 N–H and O–H groups in total. The molecule has 0 fully saturated rings. The predicted octanol–water partition coefficient (Wildman–Crippen LogP) is 3.25. The highest BCUT2D eigenvalue weighted by Crippen LogP contribution is 2.29. The van der Waals surface area contributed by atoms with E-state index >= 15 is 0 Å². The van der Waals surface area contributed by atoms with Gasteiger partial charge in [0.15, 0.2) is 0 Å². The second-order valence-electron chi connectivity index (χ2n) is 6.54. The number of benzene rings is 2. The van der Waals surface area contributed by atoms with Crippen LogP contribution in [0.4, 0.5) is 5.69 Å². The minimum Gasteiger partial charge on any atom is -0.497 e. The Balaban J connectivity index is 1.80. The highest BCUT2D eigenvalue weighted by molar-refractivity contribution is 7.98.